The van der Waals surface area contributed by atoms with Crippen LogP contribution in [0, 0.1) is 0 Å². The highest BCUT2D eigenvalue weighted by molar-refractivity contribution is 5.94. The molecule has 0 spiro atoms. The summed E-state index contributed by atoms with van der Waals surface area (Å²) in [6.45, 7) is 2.15. The second kappa shape index (κ2) is 7.32. The fourth-order valence-electron chi connectivity index (χ4n) is 3.91. The number of amides is 2. The van der Waals surface area contributed by atoms with Gasteiger partial charge in [-0.2, -0.15) is 0 Å². The third-order valence-corrected chi connectivity index (χ3v) is 5.29. The molecule has 0 saturated carbocycles. The van der Waals surface area contributed by atoms with Crippen molar-refractivity contribution in [3.8, 4) is 11.4 Å². The molecule has 26 heavy (non-hydrogen) atoms. The lowest BCUT2D eigenvalue weighted by Crippen LogP contribution is -2.42. The smallest absolute Gasteiger partial charge is 0.269 e. The molecule has 1 aromatic carbocycles. The molecule has 6 nitrogen and oxygen atoms in total. The van der Waals surface area contributed by atoms with Crippen molar-refractivity contribution < 1.29 is 9.59 Å². The number of nitrogens with zero attached hydrogens (tertiary/aromatic N) is 3. The maximum atomic E-state index is 12.9. The van der Waals surface area contributed by atoms with Crippen molar-refractivity contribution in [2.45, 2.75) is 38.1 Å². The number of hydrogen-bond acceptors (Lipinski definition) is 3. The predicted molar refractivity (Wildman–Crippen MR) is 98.7 cm³/mol. The Kier molecular flexibility index (Phi) is 4.73. The number of nitrogens with one attached hydrogen (secondary N) is 1. The van der Waals surface area contributed by atoms with E-state index in [1.165, 1.54) is 12.8 Å². The molecule has 2 aromatic rings. The van der Waals surface area contributed by atoms with Crippen molar-refractivity contribution in [2.75, 3.05) is 19.6 Å². The molecular formula is C20H24N4O2. The molecule has 2 aliphatic heterocycles. The highest BCUT2D eigenvalue weighted by atomic mass is 16.2. The lowest BCUT2D eigenvalue weighted by molar-refractivity contribution is -0.132. The van der Waals surface area contributed by atoms with Gasteiger partial charge in [-0.1, -0.05) is 43.2 Å². The van der Waals surface area contributed by atoms with E-state index < -0.39 is 0 Å². The first-order valence-electron chi connectivity index (χ1n) is 9.42. The first-order chi connectivity index (χ1) is 12.7. The molecule has 2 amide bonds. The van der Waals surface area contributed by atoms with Gasteiger partial charge >= 0.3 is 0 Å². The van der Waals surface area contributed by atoms with Gasteiger partial charge in [-0.15, -0.1) is 0 Å². The number of fused-ring (bicyclic) bond motifs is 1. The third-order valence-electron chi connectivity index (χ3n) is 5.29. The van der Waals surface area contributed by atoms with Gasteiger partial charge < -0.3 is 14.8 Å². The van der Waals surface area contributed by atoms with Crippen molar-refractivity contribution in [3.05, 3.63) is 42.2 Å². The highest BCUT2D eigenvalue weighted by Crippen LogP contribution is 2.28. The van der Waals surface area contributed by atoms with Gasteiger partial charge in [-0.05, 0) is 12.8 Å². The molecule has 2 aliphatic rings. The minimum Gasteiger partial charge on any atom is -0.349 e. The van der Waals surface area contributed by atoms with Crippen LogP contribution in [0.4, 0.5) is 0 Å². The van der Waals surface area contributed by atoms with Crippen molar-refractivity contribution in [1.82, 2.24) is 19.8 Å². The molecular weight excluding hydrogens is 328 g/mol. The molecule has 1 atom stereocenters. The summed E-state index contributed by atoms with van der Waals surface area (Å²) in [4.78, 5) is 31.6. The van der Waals surface area contributed by atoms with E-state index in [1.807, 2.05) is 39.8 Å². The van der Waals surface area contributed by atoms with Crippen LogP contribution in [0.3, 0.4) is 0 Å². The summed E-state index contributed by atoms with van der Waals surface area (Å²) in [5, 5.41) is 2.90. The first-order valence-corrected chi connectivity index (χ1v) is 9.42. The summed E-state index contributed by atoms with van der Waals surface area (Å²) < 4.78 is 1.95. The van der Waals surface area contributed by atoms with E-state index in [4.69, 9.17) is 0 Å². The van der Waals surface area contributed by atoms with Gasteiger partial charge in [0.2, 0.25) is 5.91 Å². The average Bonchev–Trinajstić information content (AvgIpc) is 2.94. The van der Waals surface area contributed by atoms with E-state index in [9.17, 15) is 9.59 Å². The Morgan fingerprint density at radius 1 is 1.12 bits per heavy atom. The third kappa shape index (κ3) is 3.23. The Morgan fingerprint density at radius 3 is 2.58 bits per heavy atom. The quantitative estimate of drug-likeness (QED) is 0.923. The zero-order chi connectivity index (χ0) is 17.9. The van der Waals surface area contributed by atoms with Crippen LogP contribution in [0.1, 0.15) is 48.6 Å². The van der Waals surface area contributed by atoms with Crippen LogP contribution in [0.25, 0.3) is 11.4 Å². The first kappa shape index (κ1) is 16.8. The fraction of sp³-hybridized carbons (Fsp3) is 0.450. The molecule has 136 valence electrons. The van der Waals surface area contributed by atoms with Gasteiger partial charge in [0.25, 0.3) is 5.91 Å². The summed E-state index contributed by atoms with van der Waals surface area (Å²) in [5.74, 6) is 0.800. The molecule has 1 N–H and O–H groups in total. The Hall–Kier alpha value is -2.63. The van der Waals surface area contributed by atoms with Crippen molar-refractivity contribution in [3.63, 3.8) is 0 Å². The van der Waals surface area contributed by atoms with Crippen LogP contribution in [0.5, 0.6) is 0 Å². The molecule has 0 radical (unpaired) electrons. The zero-order valence-electron chi connectivity index (χ0n) is 14.9. The Morgan fingerprint density at radius 2 is 1.85 bits per heavy atom. The molecule has 3 heterocycles. The molecule has 1 saturated heterocycles. The number of hydrogen-bond donors (Lipinski definition) is 1. The fourth-order valence-corrected chi connectivity index (χ4v) is 3.91. The maximum Gasteiger partial charge on any atom is 0.269 e. The maximum absolute atomic E-state index is 12.9. The van der Waals surface area contributed by atoms with E-state index in [2.05, 4.69) is 10.3 Å². The lowest BCUT2D eigenvalue weighted by atomic mass is 10.1. The van der Waals surface area contributed by atoms with Crippen LogP contribution >= 0.6 is 0 Å². The molecule has 4 rings (SSSR count). The number of rotatable bonds is 3. The number of benzene rings is 1. The number of aromatic nitrogens is 2. The number of carbonyl (C=O) groups is 2. The normalized spacial score (nSPS) is 20.2. The van der Waals surface area contributed by atoms with Crippen LogP contribution < -0.4 is 5.32 Å². The van der Waals surface area contributed by atoms with Crippen molar-refractivity contribution in [2.24, 2.45) is 0 Å². The van der Waals surface area contributed by atoms with Gasteiger partial charge in [0, 0.05) is 31.6 Å². The monoisotopic (exact) mass is 352 g/mol. The van der Waals surface area contributed by atoms with Crippen molar-refractivity contribution in [1.29, 1.82) is 0 Å². The highest BCUT2D eigenvalue weighted by Gasteiger charge is 2.31. The molecule has 0 aliphatic carbocycles. The summed E-state index contributed by atoms with van der Waals surface area (Å²) in [7, 11) is 0. The second-order valence-electron chi connectivity index (χ2n) is 7.07. The molecule has 0 bridgehead atoms. The number of imidazole rings is 1. The average molecular weight is 352 g/mol. The van der Waals surface area contributed by atoms with E-state index in [1.54, 1.807) is 6.20 Å². The molecule has 6 heteroatoms. The van der Waals surface area contributed by atoms with E-state index in [0.717, 1.165) is 37.3 Å². The minimum absolute atomic E-state index is 0.101. The largest absolute Gasteiger partial charge is 0.349 e. The van der Waals surface area contributed by atoms with E-state index >= 15 is 0 Å². The number of carbonyl (C=O) groups excluding carboxylic acids is 2. The second-order valence-corrected chi connectivity index (χ2v) is 7.07. The van der Waals surface area contributed by atoms with Gasteiger partial charge in [-0.25, -0.2) is 4.98 Å². The Labute approximate surface area is 153 Å². The summed E-state index contributed by atoms with van der Waals surface area (Å²) in [5.41, 5.74) is 1.49. The SMILES string of the molecule is O=C1NCC(CC(=O)N2CCCCCC2)n2c1cnc2-c1ccccc1. The Balaban J connectivity index is 1.61. The minimum atomic E-state index is -0.127. The topological polar surface area (TPSA) is 67.2 Å². The van der Waals surface area contributed by atoms with Crippen LogP contribution in [-0.2, 0) is 4.79 Å². The summed E-state index contributed by atoms with van der Waals surface area (Å²) in [6.07, 6.45) is 6.57. The number of likely N-dealkylation sites (tertiary alicyclic amines) is 1. The molecule has 1 fully saturated rings. The molecule has 1 unspecified atom stereocenters. The van der Waals surface area contributed by atoms with Gasteiger partial charge in [0.05, 0.1) is 12.2 Å². The predicted octanol–water partition coefficient (Wildman–Crippen LogP) is 2.63. The van der Waals surface area contributed by atoms with Gasteiger partial charge in [-0.3, -0.25) is 9.59 Å². The molecule has 1 aromatic heterocycles. The van der Waals surface area contributed by atoms with E-state index in [0.29, 0.717) is 18.7 Å². The van der Waals surface area contributed by atoms with Gasteiger partial charge in [0.1, 0.15) is 11.5 Å². The van der Waals surface area contributed by atoms with Gasteiger partial charge in [0.15, 0.2) is 0 Å². The van der Waals surface area contributed by atoms with E-state index in [-0.39, 0.29) is 17.9 Å². The Bertz CT molecular complexity index is 791. The van der Waals surface area contributed by atoms with Crippen LogP contribution in [-0.4, -0.2) is 45.9 Å². The summed E-state index contributed by atoms with van der Waals surface area (Å²) in [6, 6.07) is 9.73. The zero-order valence-corrected chi connectivity index (χ0v) is 14.9. The van der Waals surface area contributed by atoms with Crippen LogP contribution in [0.15, 0.2) is 36.5 Å². The lowest BCUT2D eigenvalue weighted by Gasteiger charge is -2.29. The van der Waals surface area contributed by atoms with Crippen molar-refractivity contribution >= 4 is 11.8 Å². The standard InChI is InChI=1S/C20H24N4O2/c25-18(23-10-6-1-2-7-11-23)12-16-13-22-20(26)17-14-21-19(24(16)17)15-8-4-3-5-9-15/h3-5,8-9,14,16H,1-2,6-7,10-13H2,(H,22,26). The summed E-state index contributed by atoms with van der Waals surface area (Å²) >= 11 is 0. The van der Waals surface area contributed by atoms with Crippen LogP contribution in [0.2, 0.25) is 0 Å².